The number of hydrogen-bond donors (Lipinski definition) is 1. The Bertz CT molecular complexity index is 1120. The van der Waals surface area contributed by atoms with Gasteiger partial charge in [-0.2, -0.15) is 5.26 Å². The number of nitrogens with zero attached hydrogens (tertiary/aromatic N) is 3. The van der Waals surface area contributed by atoms with Gasteiger partial charge in [-0.25, -0.2) is 4.98 Å². The Balaban J connectivity index is 1.62. The summed E-state index contributed by atoms with van der Waals surface area (Å²) in [4.78, 5) is 20.7. The molecule has 4 rings (SSSR count). The zero-order chi connectivity index (χ0) is 20.4. The maximum atomic E-state index is 12.3. The highest BCUT2D eigenvalue weighted by atomic mass is 35.5. The summed E-state index contributed by atoms with van der Waals surface area (Å²) in [5, 5.41) is 12.1. The monoisotopic (exact) mass is 404 g/mol. The van der Waals surface area contributed by atoms with E-state index in [2.05, 4.69) is 15.3 Å². The first-order valence-corrected chi connectivity index (χ1v) is 9.49. The van der Waals surface area contributed by atoms with Crippen molar-refractivity contribution in [2.45, 2.75) is 13.3 Å². The average Bonchev–Trinajstić information content (AvgIpc) is 2.94. The van der Waals surface area contributed by atoms with Crippen LogP contribution < -0.4 is 10.1 Å². The highest BCUT2D eigenvalue weighted by Gasteiger charge is 2.22. The van der Waals surface area contributed by atoms with Gasteiger partial charge in [0.25, 0.3) is 5.91 Å². The number of amides is 1. The Labute approximate surface area is 173 Å². The van der Waals surface area contributed by atoms with Crippen LogP contribution in [0, 0.1) is 18.3 Å². The average molecular weight is 405 g/mol. The molecule has 1 amide bonds. The number of halogens is 1. The molecule has 0 spiro atoms. The van der Waals surface area contributed by atoms with E-state index in [1.165, 1.54) is 6.20 Å². The lowest BCUT2D eigenvalue weighted by Crippen LogP contribution is -2.24. The molecule has 1 aliphatic heterocycles. The molecule has 1 aliphatic rings. The van der Waals surface area contributed by atoms with Crippen molar-refractivity contribution >= 4 is 17.5 Å². The second-order valence-corrected chi connectivity index (χ2v) is 7.11. The van der Waals surface area contributed by atoms with Crippen LogP contribution >= 0.6 is 11.6 Å². The topological polar surface area (TPSA) is 87.9 Å². The van der Waals surface area contributed by atoms with Gasteiger partial charge < -0.3 is 10.1 Å². The molecule has 0 fully saturated rings. The molecule has 144 valence electrons. The minimum absolute atomic E-state index is 0.171. The summed E-state index contributed by atoms with van der Waals surface area (Å²) in [7, 11) is 0. The van der Waals surface area contributed by atoms with Gasteiger partial charge in [-0.1, -0.05) is 35.9 Å². The van der Waals surface area contributed by atoms with E-state index in [0.29, 0.717) is 41.6 Å². The molecule has 7 heteroatoms. The number of benzene rings is 2. The van der Waals surface area contributed by atoms with Crippen LogP contribution in [0.15, 0.2) is 42.7 Å². The van der Waals surface area contributed by atoms with Crippen molar-refractivity contribution in [3.63, 3.8) is 0 Å². The molecule has 0 unspecified atom stereocenters. The van der Waals surface area contributed by atoms with Gasteiger partial charge in [0.1, 0.15) is 12.7 Å². The molecule has 3 aromatic rings. The molecule has 0 saturated heterocycles. The molecule has 0 radical (unpaired) electrons. The maximum Gasteiger partial charge on any atom is 0.255 e. The van der Waals surface area contributed by atoms with Gasteiger partial charge in [-0.05, 0) is 36.1 Å². The minimum atomic E-state index is -0.171. The maximum absolute atomic E-state index is 12.3. The van der Waals surface area contributed by atoms with E-state index in [9.17, 15) is 4.79 Å². The van der Waals surface area contributed by atoms with Crippen LogP contribution in [0.1, 0.15) is 32.7 Å². The Kier molecular flexibility index (Phi) is 5.15. The Morgan fingerprint density at radius 3 is 2.72 bits per heavy atom. The van der Waals surface area contributed by atoms with Crippen LogP contribution in [0.2, 0.25) is 5.02 Å². The summed E-state index contributed by atoms with van der Waals surface area (Å²) < 4.78 is 5.67. The smallest absolute Gasteiger partial charge is 0.255 e. The lowest BCUT2D eigenvalue weighted by molar-refractivity contribution is 0.0957. The largest absolute Gasteiger partial charge is 0.489 e. The summed E-state index contributed by atoms with van der Waals surface area (Å²) in [6, 6.07) is 11.7. The number of nitriles is 1. The number of ether oxygens (including phenoxy) is 1. The van der Waals surface area contributed by atoms with Crippen molar-refractivity contribution in [1.29, 1.82) is 5.26 Å². The molecule has 2 heterocycles. The van der Waals surface area contributed by atoms with E-state index in [0.717, 1.165) is 22.3 Å². The Morgan fingerprint density at radius 2 is 2.03 bits per heavy atom. The van der Waals surface area contributed by atoms with Crippen molar-refractivity contribution < 1.29 is 9.53 Å². The van der Waals surface area contributed by atoms with Crippen LogP contribution in [0.25, 0.3) is 11.3 Å². The van der Waals surface area contributed by atoms with Crippen LogP contribution in [-0.4, -0.2) is 29.0 Å². The Morgan fingerprint density at radius 1 is 1.24 bits per heavy atom. The lowest BCUT2D eigenvalue weighted by Gasteiger charge is -2.15. The van der Waals surface area contributed by atoms with E-state index in [1.54, 1.807) is 6.20 Å². The first-order valence-electron chi connectivity index (χ1n) is 9.11. The van der Waals surface area contributed by atoms with Crippen molar-refractivity contribution in [3.05, 3.63) is 75.7 Å². The SMILES string of the molecule is Cc1c(Cc2ccc(-c3cnc(C#N)cn3)cc2)cc2c(c1Cl)OCCNC2=O. The van der Waals surface area contributed by atoms with Crippen LogP contribution in [-0.2, 0) is 6.42 Å². The van der Waals surface area contributed by atoms with E-state index in [-0.39, 0.29) is 11.6 Å². The second-order valence-electron chi connectivity index (χ2n) is 6.73. The van der Waals surface area contributed by atoms with Crippen LogP contribution in [0.5, 0.6) is 5.75 Å². The molecule has 0 aliphatic carbocycles. The number of carbonyl (C=O) groups is 1. The predicted molar refractivity (Wildman–Crippen MR) is 109 cm³/mol. The molecular weight excluding hydrogens is 388 g/mol. The van der Waals surface area contributed by atoms with Crippen molar-refractivity contribution in [2.24, 2.45) is 0 Å². The van der Waals surface area contributed by atoms with Gasteiger partial charge in [0.15, 0.2) is 11.4 Å². The Hall–Kier alpha value is -3.43. The van der Waals surface area contributed by atoms with E-state index >= 15 is 0 Å². The summed E-state index contributed by atoms with van der Waals surface area (Å²) in [6.45, 7) is 2.79. The first-order chi connectivity index (χ1) is 14.1. The molecule has 1 N–H and O–H groups in total. The number of carbonyl (C=O) groups excluding carboxylic acids is 1. The molecular formula is C22H17ClN4O2. The van der Waals surface area contributed by atoms with Gasteiger partial charge in [0.2, 0.25) is 0 Å². The first kappa shape index (κ1) is 18.9. The zero-order valence-electron chi connectivity index (χ0n) is 15.7. The van der Waals surface area contributed by atoms with E-state index in [1.807, 2.05) is 43.3 Å². The highest BCUT2D eigenvalue weighted by molar-refractivity contribution is 6.33. The third kappa shape index (κ3) is 3.78. The van der Waals surface area contributed by atoms with Gasteiger partial charge in [-0.15, -0.1) is 0 Å². The standard InChI is InChI=1S/C22H17ClN4O2/c1-13-16(9-18-21(20(13)23)29-7-6-25-22(18)28)8-14-2-4-15(5-3-14)19-12-26-17(10-24)11-27-19/h2-5,9,11-12H,6-8H2,1H3,(H,25,28). The summed E-state index contributed by atoms with van der Waals surface area (Å²) in [5.74, 6) is 0.285. The number of rotatable bonds is 3. The molecule has 0 bridgehead atoms. The van der Waals surface area contributed by atoms with Gasteiger partial charge in [-0.3, -0.25) is 9.78 Å². The second kappa shape index (κ2) is 7.90. The number of fused-ring (bicyclic) bond motifs is 1. The predicted octanol–water partition coefficient (Wildman–Crippen LogP) is 3.69. The molecule has 0 atom stereocenters. The third-order valence-electron chi connectivity index (χ3n) is 4.86. The van der Waals surface area contributed by atoms with Gasteiger partial charge >= 0.3 is 0 Å². The van der Waals surface area contributed by atoms with E-state index < -0.39 is 0 Å². The van der Waals surface area contributed by atoms with Crippen molar-refractivity contribution in [2.75, 3.05) is 13.2 Å². The van der Waals surface area contributed by atoms with E-state index in [4.69, 9.17) is 21.6 Å². The molecule has 6 nitrogen and oxygen atoms in total. The van der Waals surface area contributed by atoms with Gasteiger partial charge in [0.05, 0.1) is 35.2 Å². The van der Waals surface area contributed by atoms with Crippen LogP contribution in [0.3, 0.4) is 0 Å². The number of aromatic nitrogens is 2. The summed E-state index contributed by atoms with van der Waals surface area (Å²) >= 11 is 6.51. The van der Waals surface area contributed by atoms with Crippen molar-refractivity contribution in [3.8, 4) is 23.1 Å². The minimum Gasteiger partial charge on any atom is -0.489 e. The normalized spacial score (nSPS) is 12.9. The molecule has 0 saturated carbocycles. The third-order valence-corrected chi connectivity index (χ3v) is 5.32. The lowest BCUT2D eigenvalue weighted by atomic mass is 9.96. The zero-order valence-corrected chi connectivity index (χ0v) is 16.5. The quantitative estimate of drug-likeness (QED) is 0.719. The molecule has 29 heavy (non-hydrogen) atoms. The number of hydrogen-bond acceptors (Lipinski definition) is 5. The number of nitrogens with one attached hydrogen (secondary N) is 1. The molecule has 2 aromatic carbocycles. The summed E-state index contributed by atoms with van der Waals surface area (Å²) in [6.07, 6.45) is 3.67. The fourth-order valence-corrected chi connectivity index (χ4v) is 3.51. The fraction of sp³-hybridized carbons (Fsp3) is 0.182. The molecule has 1 aromatic heterocycles. The summed E-state index contributed by atoms with van der Waals surface area (Å²) in [5.41, 5.74) is 5.32. The van der Waals surface area contributed by atoms with Crippen LogP contribution in [0.4, 0.5) is 0 Å². The highest BCUT2D eigenvalue weighted by Crippen LogP contribution is 2.36. The fourth-order valence-electron chi connectivity index (χ4n) is 3.23. The van der Waals surface area contributed by atoms with Crippen molar-refractivity contribution in [1.82, 2.24) is 15.3 Å². The van der Waals surface area contributed by atoms with Gasteiger partial charge in [0, 0.05) is 5.56 Å².